The summed E-state index contributed by atoms with van der Waals surface area (Å²) in [7, 11) is 1.64. The number of ether oxygens (including phenoxy) is 1. The van der Waals surface area contributed by atoms with Crippen molar-refractivity contribution in [2.24, 2.45) is 0 Å². The van der Waals surface area contributed by atoms with Gasteiger partial charge in [0, 0.05) is 29.1 Å². The highest BCUT2D eigenvalue weighted by Gasteiger charge is 2.09. The summed E-state index contributed by atoms with van der Waals surface area (Å²) in [6.07, 6.45) is 0. The zero-order valence-corrected chi connectivity index (χ0v) is 15.2. The normalized spacial score (nSPS) is 10.5. The highest BCUT2D eigenvalue weighted by atomic mass is 32.2. The van der Waals surface area contributed by atoms with Gasteiger partial charge in [-0.3, -0.25) is 10.1 Å². The van der Waals surface area contributed by atoms with Crippen molar-refractivity contribution in [2.45, 2.75) is 17.8 Å². The third-order valence-corrected chi connectivity index (χ3v) is 4.65. The Morgan fingerprint density at radius 2 is 1.77 bits per heavy atom. The average molecular weight is 367 g/mol. The summed E-state index contributed by atoms with van der Waals surface area (Å²) < 4.78 is 5.16. The summed E-state index contributed by atoms with van der Waals surface area (Å²) in [4.78, 5) is 19.4. The minimum absolute atomic E-state index is 0.0635. The standard InChI is InChI=1S/C19H17N3O3S/c1-13-11-18(15-5-7-16(8-6-15)22(23)24)21-19(20-13)26-12-14-3-9-17(25-2)10-4-14/h3-11H,12H2,1-2H3. The molecule has 0 aliphatic heterocycles. The van der Waals surface area contributed by atoms with Crippen LogP contribution in [-0.2, 0) is 5.75 Å². The fraction of sp³-hybridized carbons (Fsp3) is 0.158. The van der Waals surface area contributed by atoms with Crippen LogP contribution in [0.15, 0.2) is 59.8 Å². The number of thioether (sulfide) groups is 1. The molecule has 2 aromatic carbocycles. The molecule has 0 spiro atoms. The number of nitro groups is 1. The van der Waals surface area contributed by atoms with Gasteiger partial charge in [-0.25, -0.2) is 9.97 Å². The lowest BCUT2D eigenvalue weighted by Crippen LogP contribution is -1.95. The zero-order chi connectivity index (χ0) is 18.5. The zero-order valence-electron chi connectivity index (χ0n) is 14.4. The molecule has 0 unspecified atom stereocenters. The van der Waals surface area contributed by atoms with Crippen LogP contribution < -0.4 is 4.74 Å². The van der Waals surface area contributed by atoms with Gasteiger partial charge >= 0.3 is 0 Å². The number of nitro benzene ring substituents is 1. The van der Waals surface area contributed by atoms with E-state index in [9.17, 15) is 10.1 Å². The number of rotatable bonds is 6. The maximum absolute atomic E-state index is 10.8. The van der Waals surface area contributed by atoms with Crippen LogP contribution in [0.2, 0.25) is 0 Å². The van der Waals surface area contributed by atoms with Crippen LogP contribution in [0.3, 0.4) is 0 Å². The van der Waals surface area contributed by atoms with Crippen molar-refractivity contribution in [1.29, 1.82) is 0 Å². The Morgan fingerprint density at radius 3 is 2.38 bits per heavy atom. The monoisotopic (exact) mass is 367 g/mol. The molecule has 6 nitrogen and oxygen atoms in total. The number of hydrogen-bond donors (Lipinski definition) is 0. The lowest BCUT2D eigenvalue weighted by molar-refractivity contribution is -0.384. The van der Waals surface area contributed by atoms with Gasteiger partial charge in [-0.05, 0) is 42.8 Å². The van der Waals surface area contributed by atoms with Crippen LogP contribution in [0.25, 0.3) is 11.3 Å². The molecule has 132 valence electrons. The van der Waals surface area contributed by atoms with Crippen molar-refractivity contribution in [2.75, 3.05) is 7.11 Å². The van der Waals surface area contributed by atoms with Gasteiger partial charge in [-0.15, -0.1) is 0 Å². The van der Waals surface area contributed by atoms with Crippen molar-refractivity contribution in [1.82, 2.24) is 9.97 Å². The highest BCUT2D eigenvalue weighted by molar-refractivity contribution is 7.98. The van der Waals surface area contributed by atoms with Crippen LogP contribution in [0.5, 0.6) is 5.75 Å². The second-order valence-electron chi connectivity index (χ2n) is 5.62. The van der Waals surface area contributed by atoms with E-state index in [1.165, 1.54) is 12.1 Å². The fourth-order valence-corrected chi connectivity index (χ4v) is 3.24. The second-order valence-corrected chi connectivity index (χ2v) is 6.56. The van der Waals surface area contributed by atoms with E-state index >= 15 is 0 Å². The molecule has 3 aromatic rings. The third kappa shape index (κ3) is 4.37. The predicted molar refractivity (Wildman–Crippen MR) is 101 cm³/mol. The summed E-state index contributed by atoms with van der Waals surface area (Å²) in [5.41, 5.74) is 3.65. The molecule has 0 aliphatic rings. The minimum atomic E-state index is -0.412. The number of nitrogens with zero attached hydrogens (tertiary/aromatic N) is 3. The number of non-ortho nitro benzene ring substituents is 1. The molecule has 0 atom stereocenters. The van der Waals surface area contributed by atoms with Crippen LogP contribution in [0.4, 0.5) is 5.69 Å². The molecule has 0 saturated heterocycles. The first-order valence-corrected chi connectivity index (χ1v) is 8.90. The number of benzene rings is 2. The van der Waals surface area contributed by atoms with Crippen LogP contribution in [0, 0.1) is 17.0 Å². The first-order valence-electron chi connectivity index (χ1n) is 7.91. The number of hydrogen-bond acceptors (Lipinski definition) is 6. The van der Waals surface area contributed by atoms with E-state index in [2.05, 4.69) is 9.97 Å². The lowest BCUT2D eigenvalue weighted by atomic mass is 10.1. The van der Waals surface area contributed by atoms with Crippen molar-refractivity contribution < 1.29 is 9.66 Å². The van der Waals surface area contributed by atoms with E-state index in [4.69, 9.17) is 4.74 Å². The molecular formula is C19H17N3O3S. The molecule has 0 aliphatic carbocycles. The van der Waals surface area contributed by atoms with Gasteiger partial charge in [0.15, 0.2) is 5.16 Å². The third-order valence-electron chi connectivity index (χ3n) is 3.73. The Kier molecular flexibility index (Phi) is 5.48. The van der Waals surface area contributed by atoms with Gasteiger partial charge in [-0.2, -0.15) is 0 Å². The molecule has 0 saturated carbocycles. The molecule has 0 amide bonds. The lowest BCUT2D eigenvalue weighted by Gasteiger charge is -2.07. The molecule has 26 heavy (non-hydrogen) atoms. The Balaban J connectivity index is 1.77. The average Bonchev–Trinajstić information content (AvgIpc) is 2.66. The molecule has 0 N–H and O–H groups in total. The van der Waals surface area contributed by atoms with Crippen molar-refractivity contribution >= 4 is 17.4 Å². The van der Waals surface area contributed by atoms with Gasteiger partial charge in [-0.1, -0.05) is 23.9 Å². The number of methoxy groups -OCH3 is 1. The van der Waals surface area contributed by atoms with E-state index in [0.29, 0.717) is 5.16 Å². The largest absolute Gasteiger partial charge is 0.497 e. The summed E-state index contributed by atoms with van der Waals surface area (Å²) in [6.45, 7) is 1.91. The fourth-order valence-electron chi connectivity index (χ4n) is 2.38. The smallest absolute Gasteiger partial charge is 0.269 e. The summed E-state index contributed by atoms with van der Waals surface area (Å²) >= 11 is 1.55. The van der Waals surface area contributed by atoms with Gasteiger partial charge in [0.1, 0.15) is 5.75 Å². The number of aryl methyl sites for hydroxylation is 1. The second kappa shape index (κ2) is 7.97. The molecule has 0 radical (unpaired) electrons. The van der Waals surface area contributed by atoms with E-state index in [1.807, 2.05) is 37.3 Å². The van der Waals surface area contributed by atoms with E-state index in [-0.39, 0.29) is 5.69 Å². The molecule has 1 aromatic heterocycles. The molecule has 1 heterocycles. The van der Waals surface area contributed by atoms with Gasteiger partial charge in [0.05, 0.1) is 17.7 Å². The van der Waals surface area contributed by atoms with E-state index in [1.54, 1.807) is 31.0 Å². The predicted octanol–water partition coefficient (Wildman–Crippen LogP) is 4.66. The van der Waals surface area contributed by atoms with Gasteiger partial charge in [0.2, 0.25) is 0 Å². The Hall–Kier alpha value is -2.93. The van der Waals surface area contributed by atoms with E-state index in [0.717, 1.165) is 34.0 Å². The maximum Gasteiger partial charge on any atom is 0.269 e. The summed E-state index contributed by atoms with van der Waals surface area (Å²) in [5, 5.41) is 11.5. The van der Waals surface area contributed by atoms with Crippen LogP contribution in [0.1, 0.15) is 11.3 Å². The molecule has 0 fully saturated rings. The topological polar surface area (TPSA) is 78.2 Å². The highest BCUT2D eigenvalue weighted by Crippen LogP contribution is 2.26. The summed E-state index contributed by atoms with van der Waals surface area (Å²) in [5.74, 6) is 1.57. The van der Waals surface area contributed by atoms with Crippen LogP contribution in [-0.4, -0.2) is 22.0 Å². The molecular weight excluding hydrogens is 350 g/mol. The number of aromatic nitrogens is 2. The first kappa shape index (κ1) is 17.9. The van der Waals surface area contributed by atoms with Crippen molar-refractivity contribution in [3.63, 3.8) is 0 Å². The molecule has 7 heteroatoms. The van der Waals surface area contributed by atoms with Crippen molar-refractivity contribution in [3.8, 4) is 17.0 Å². The van der Waals surface area contributed by atoms with Crippen LogP contribution >= 0.6 is 11.8 Å². The Labute approximate surface area is 155 Å². The Morgan fingerprint density at radius 1 is 1.08 bits per heavy atom. The van der Waals surface area contributed by atoms with E-state index < -0.39 is 4.92 Å². The first-order chi connectivity index (χ1) is 12.5. The molecule has 0 bridgehead atoms. The summed E-state index contributed by atoms with van der Waals surface area (Å²) in [6, 6.07) is 16.1. The minimum Gasteiger partial charge on any atom is -0.497 e. The van der Waals surface area contributed by atoms with Gasteiger partial charge in [0.25, 0.3) is 5.69 Å². The van der Waals surface area contributed by atoms with Crippen molar-refractivity contribution in [3.05, 3.63) is 76.0 Å². The maximum atomic E-state index is 10.8. The Bertz CT molecular complexity index is 912. The SMILES string of the molecule is COc1ccc(CSc2nc(C)cc(-c3ccc([N+](=O)[O-])cc3)n2)cc1. The quantitative estimate of drug-likeness (QED) is 0.273. The molecule has 3 rings (SSSR count). The van der Waals surface area contributed by atoms with Gasteiger partial charge < -0.3 is 4.74 Å².